The van der Waals surface area contributed by atoms with Gasteiger partial charge < -0.3 is 9.97 Å². The second-order valence-electron chi connectivity index (χ2n) is 11.2. The van der Waals surface area contributed by atoms with Gasteiger partial charge in [-0.2, -0.15) is 0 Å². The van der Waals surface area contributed by atoms with Crippen molar-refractivity contribution in [3.05, 3.63) is 102 Å². The summed E-state index contributed by atoms with van der Waals surface area (Å²) >= 11 is 13.7. The summed E-state index contributed by atoms with van der Waals surface area (Å²) in [4.78, 5) is 51.4. The molecule has 272 valence electrons. The number of Topliss-reactive ketones (excluding diaryl/α,β-unsaturated/α-hetero) is 1. The molecule has 6 rings (SSSR count). The Balaban J connectivity index is 0.000000267. The van der Waals surface area contributed by atoms with Crippen molar-refractivity contribution in [2.45, 2.75) is 50.8 Å². The van der Waals surface area contributed by atoms with E-state index in [1.54, 1.807) is 40.0 Å². The Bertz CT molecular complexity index is 2360. The number of fused-ring (bicyclic) bond motifs is 2. The zero-order valence-corrected chi connectivity index (χ0v) is 30.6. The number of benzene rings is 2. The molecule has 0 saturated carbocycles. The van der Waals surface area contributed by atoms with E-state index in [-0.39, 0.29) is 37.8 Å². The Morgan fingerprint density at radius 3 is 1.69 bits per heavy atom. The topological polar surface area (TPSA) is 128 Å². The summed E-state index contributed by atoms with van der Waals surface area (Å²) in [7, 11) is 6.66. The molecular formula is C35H43FN8O3S4. The second kappa shape index (κ2) is 18.4. The molecule has 0 bridgehead atoms. The van der Waals surface area contributed by atoms with Gasteiger partial charge in [0.1, 0.15) is 26.1 Å². The van der Waals surface area contributed by atoms with Crippen LogP contribution in [0.3, 0.4) is 0 Å². The largest absolute Gasteiger partial charge is 0.330 e. The third kappa shape index (κ3) is 9.61. The SMILES string of the molecule is C.C.Cn1c(=S)c2[nH]c(SCCCC(=O)c3ccc(F)cc3)nc2n(C)c1=O.Cn1c(=S)c2[nH]c(SCCCc3ccccc3)nc2n(C)c1=O. The van der Waals surface area contributed by atoms with Crippen molar-refractivity contribution in [3.8, 4) is 0 Å². The zero-order chi connectivity index (χ0) is 35.2. The van der Waals surface area contributed by atoms with Gasteiger partial charge in [0.25, 0.3) is 0 Å². The number of aromatic nitrogens is 8. The molecular weight excluding hydrogens is 728 g/mol. The quantitative estimate of drug-likeness (QED) is 0.0594. The van der Waals surface area contributed by atoms with E-state index in [1.165, 1.54) is 59.9 Å². The van der Waals surface area contributed by atoms with Crippen molar-refractivity contribution >= 4 is 76.1 Å². The predicted octanol–water partition coefficient (Wildman–Crippen LogP) is 7.55. The fourth-order valence-corrected chi connectivity index (χ4v) is 7.07. The first-order chi connectivity index (χ1) is 23.5. The highest BCUT2D eigenvalue weighted by molar-refractivity contribution is 7.99. The molecule has 16 heteroatoms. The molecule has 0 aliphatic carbocycles. The summed E-state index contributed by atoms with van der Waals surface area (Å²) in [6, 6.07) is 16.0. The maximum Gasteiger partial charge on any atom is 0.330 e. The first kappa shape index (κ1) is 41.3. The highest BCUT2D eigenvalue weighted by Crippen LogP contribution is 2.22. The van der Waals surface area contributed by atoms with Gasteiger partial charge >= 0.3 is 11.4 Å². The smallest absolute Gasteiger partial charge is 0.329 e. The Morgan fingerprint density at radius 2 is 1.20 bits per heavy atom. The van der Waals surface area contributed by atoms with Crippen molar-refractivity contribution in [1.82, 2.24) is 38.2 Å². The van der Waals surface area contributed by atoms with E-state index in [0.29, 0.717) is 55.4 Å². The van der Waals surface area contributed by atoms with Crippen LogP contribution in [0, 0.1) is 15.1 Å². The van der Waals surface area contributed by atoms with Gasteiger partial charge in [-0.25, -0.2) is 23.9 Å². The van der Waals surface area contributed by atoms with Gasteiger partial charge in [0.15, 0.2) is 27.4 Å². The minimum Gasteiger partial charge on any atom is -0.329 e. The molecule has 0 amide bonds. The third-order valence-electron chi connectivity index (χ3n) is 7.79. The molecule has 6 aromatic rings. The number of halogens is 1. The number of hydrogen-bond donors (Lipinski definition) is 2. The number of carbonyl (C=O) groups is 1. The van der Waals surface area contributed by atoms with E-state index in [4.69, 9.17) is 24.4 Å². The Hall–Kier alpha value is -4.12. The lowest BCUT2D eigenvalue weighted by Gasteiger charge is -2.02. The standard InChI is InChI=1S/C17H17FN4O2S2.C16H18N4OS2.2CH4/c1-21-14-13(15(25)22(2)17(21)24)19-16(20-14)26-9-3-4-12(23)10-5-7-11(18)8-6-10;1-19-13-12(14(22)20(2)16(19)21)17-15(18-13)23-10-6-9-11-7-4-3-5-8-11;;/h5-8H,3-4,9H2,1-2H3,(H,19,20);3-5,7-8H,6,9-10H2,1-2H3,(H,17,18);2*1H4. The number of imidazole rings is 2. The van der Waals surface area contributed by atoms with Gasteiger partial charge in [0.05, 0.1) is 0 Å². The highest BCUT2D eigenvalue weighted by atomic mass is 32.2. The maximum atomic E-state index is 12.9. The van der Waals surface area contributed by atoms with Gasteiger partial charge in [-0.3, -0.25) is 23.1 Å². The average Bonchev–Trinajstić information content (AvgIpc) is 3.75. The molecule has 4 aromatic heterocycles. The number of H-pyrrole nitrogens is 2. The highest BCUT2D eigenvalue weighted by Gasteiger charge is 2.13. The molecule has 4 heterocycles. The van der Waals surface area contributed by atoms with Crippen molar-refractivity contribution in [3.63, 3.8) is 0 Å². The van der Waals surface area contributed by atoms with Crippen molar-refractivity contribution in [2.24, 2.45) is 28.2 Å². The first-order valence-corrected chi connectivity index (χ1v) is 18.1. The van der Waals surface area contributed by atoms with E-state index >= 15 is 0 Å². The lowest BCUT2D eigenvalue weighted by Crippen LogP contribution is -2.27. The summed E-state index contributed by atoms with van der Waals surface area (Å²) in [6.45, 7) is 0. The van der Waals surface area contributed by atoms with Crippen LogP contribution < -0.4 is 11.4 Å². The Morgan fingerprint density at radius 1 is 0.725 bits per heavy atom. The molecule has 2 aromatic carbocycles. The lowest BCUT2D eigenvalue weighted by molar-refractivity contribution is 0.0982. The minimum atomic E-state index is -0.356. The number of ketones is 1. The fourth-order valence-electron chi connectivity index (χ4n) is 5.02. The van der Waals surface area contributed by atoms with Crippen molar-refractivity contribution in [1.29, 1.82) is 0 Å². The van der Waals surface area contributed by atoms with Crippen LogP contribution in [0.1, 0.15) is 50.0 Å². The monoisotopic (exact) mass is 770 g/mol. The summed E-state index contributed by atoms with van der Waals surface area (Å²) in [6.07, 6.45) is 3.15. The molecule has 0 unspecified atom stereocenters. The van der Waals surface area contributed by atoms with E-state index in [9.17, 15) is 18.8 Å². The second-order valence-corrected chi connectivity index (χ2v) is 14.2. The van der Waals surface area contributed by atoms with Gasteiger partial charge in [-0.1, -0.05) is 93.1 Å². The van der Waals surface area contributed by atoms with Gasteiger partial charge in [0.2, 0.25) is 0 Å². The van der Waals surface area contributed by atoms with Gasteiger partial charge in [-0.05, 0) is 49.1 Å². The molecule has 0 radical (unpaired) electrons. The van der Waals surface area contributed by atoms with Crippen LogP contribution >= 0.6 is 48.0 Å². The van der Waals surface area contributed by atoms with E-state index in [1.807, 2.05) is 6.07 Å². The van der Waals surface area contributed by atoms with Crippen molar-refractivity contribution < 1.29 is 9.18 Å². The minimum absolute atomic E-state index is 0. The molecule has 0 fully saturated rings. The number of nitrogens with zero attached hydrogens (tertiary/aromatic N) is 6. The molecule has 2 N–H and O–H groups in total. The normalized spacial score (nSPS) is 10.8. The summed E-state index contributed by atoms with van der Waals surface area (Å²) in [5.41, 5.74) is 4.00. The number of carbonyl (C=O) groups excluding carboxylic acids is 1. The lowest BCUT2D eigenvalue weighted by atomic mass is 10.1. The van der Waals surface area contributed by atoms with Crippen LogP contribution in [0.4, 0.5) is 4.39 Å². The number of rotatable bonds is 11. The maximum absolute atomic E-state index is 12.9. The fraction of sp³-hybridized carbons (Fsp3) is 0.343. The van der Waals surface area contributed by atoms with Crippen LogP contribution in [0.15, 0.2) is 74.5 Å². The number of thioether (sulfide) groups is 2. The van der Waals surface area contributed by atoms with Crippen LogP contribution in [0.5, 0.6) is 0 Å². The van der Waals surface area contributed by atoms with Crippen LogP contribution in [-0.2, 0) is 34.6 Å². The average molecular weight is 771 g/mol. The summed E-state index contributed by atoms with van der Waals surface area (Å²) in [5, 5.41) is 1.46. The molecule has 51 heavy (non-hydrogen) atoms. The first-order valence-electron chi connectivity index (χ1n) is 15.4. The van der Waals surface area contributed by atoms with E-state index in [0.717, 1.165) is 29.3 Å². The molecule has 0 spiro atoms. The molecule has 11 nitrogen and oxygen atoms in total. The third-order valence-corrected chi connectivity index (χ3v) is 10.7. The predicted molar refractivity (Wildman–Crippen MR) is 212 cm³/mol. The van der Waals surface area contributed by atoms with E-state index in [2.05, 4.69) is 44.2 Å². The van der Waals surface area contributed by atoms with Crippen LogP contribution in [0.2, 0.25) is 0 Å². The molecule has 0 aliphatic rings. The number of aryl methyl sites for hydroxylation is 3. The molecule has 0 aliphatic heterocycles. The number of hydrogen-bond acceptors (Lipinski definition) is 9. The van der Waals surface area contributed by atoms with Crippen LogP contribution in [0.25, 0.3) is 22.3 Å². The number of nitrogens with one attached hydrogen (secondary N) is 2. The Labute approximate surface area is 314 Å². The van der Waals surface area contributed by atoms with Crippen molar-refractivity contribution in [2.75, 3.05) is 11.5 Å². The van der Waals surface area contributed by atoms with Gasteiger partial charge in [-0.15, -0.1) is 0 Å². The number of aromatic amines is 2. The zero-order valence-electron chi connectivity index (χ0n) is 27.4. The molecule has 0 saturated heterocycles. The Kier molecular flexibility index (Phi) is 14.9. The molecule has 0 atom stereocenters. The summed E-state index contributed by atoms with van der Waals surface area (Å²) in [5.74, 6) is 1.27. The van der Waals surface area contributed by atoms with Gasteiger partial charge in [0, 0.05) is 51.7 Å². The van der Waals surface area contributed by atoms with E-state index < -0.39 is 0 Å². The summed E-state index contributed by atoms with van der Waals surface area (Å²) < 4.78 is 19.6. The van der Waals surface area contributed by atoms with Crippen LogP contribution in [-0.4, -0.2) is 55.5 Å².